The number of carbonyl (C=O) groups is 1. The van der Waals surface area contributed by atoms with Gasteiger partial charge in [0.25, 0.3) is 15.9 Å². The van der Waals surface area contributed by atoms with Crippen LogP contribution in [-0.4, -0.2) is 47.2 Å². The molecule has 0 saturated heterocycles. The van der Waals surface area contributed by atoms with E-state index in [1.54, 1.807) is 24.3 Å². The summed E-state index contributed by atoms with van der Waals surface area (Å²) in [5, 5.41) is 2.79. The highest BCUT2D eigenvalue weighted by molar-refractivity contribution is 7.92. The Morgan fingerprint density at radius 1 is 1.09 bits per heavy atom. The second-order valence-electron chi connectivity index (χ2n) is 8.19. The minimum atomic E-state index is -3.95. The number of amides is 1. The van der Waals surface area contributed by atoms with E-state index in [4.69, 9.17) is 14.2 Å². The normalized spacial score (nSPS) is 15.1. The Kier molecular flexibility index (Phi) is 7.16. The molecular formula is C26H28N2O6S. The molecule has 1 aliphatic heterocycles. The van der Waals surface area contributed by atoms with Crippen LogP contribution in [0.15, 0.2) is 71.6 Å². The highest BCUT2D eigenvalue weighted by Crippen LogP contribution is 2.38. The number of rotatable bonds is 8. The lowest BCUT2D eigenvalue weighted by molar-refractivity contribution is -0.127. The summed E-state index contributed by atoms with van der Waals surface area (Å²) in [7, 11) is -2.44. The van der Waals surface area contributed by atoms with Gasteiger partial charge in [-0.15, -0.1) is 0 Å². The minimum Gasteiger partial charge on any atom is -0.497 e. The summed E-state index contributed by atoms with van der Waals surface area (Å²) in [6.07, 6.45) is -1.02. The van der Waals surface area contributed by atoms with Crippen LogP contribution in [0.25, 0.3) is 0 Å². The number of sulfonamides is 1. The highest BCUT2D eigenvalue weighted by atomic mass is 32.2. The monoisotopic (exact) mass is 496 g/mol. The third-order valence-electron chi connectivity index (χ3n) is 5.68. The summed E-state index contributed by atoms with van der Waals surface area (Å²) in [6.45, 7) is 4.18. The first-order valence-electron chi connectivity index (χ1n) is 11.2. The number of aryl methyl sites for hydroxylation is 2. The number of hydrogen-bond donors (Lipinski definition) is 1. The number of para-hydroxylation sites is 1. The summed E-state index contributed by atoms with van der Waals surface area (Å²) in [5.41, 5.74) is 2.28. The van der Waals surface area contributed by atoms with Crippen LogP contribution in [0.2, 0.25) is 0 Å². The number of ether oxygens (including phenoxy) is 3. The van der Waals surface area contributed by atoms with Gasteiger partial charge in [0.05, 0.1) is 30.8 Å². The molecule has 9 heteroatoms. The molecule has 35 heavy (non-hydrogen) atoms. The maximum absolute atomic E-state index is 13.5. The fourth-order valence-corrected chi connectivity index (χ4v) is 5.24. The van der Waals surface area contributed by atoms with E-state index in [1.807, 2.05) is 44.2 Å². The second-order valence-corrected chi connectivity index (χ2v) is 10.1. The van der Waals surface area contributed by atoms with Crippen molar-refractivity contribution in [3.63, 3.8) is 0 Å². The van der Waals surface area contributed by atoms with Gasteiger partial charge in [0.2, 0.25) is 0 Å². The van der Waals surface area contributed by atoms with Crippen LogP contribution in [0.1, 0.15) is 11.1 Å². The molecule has 0 radical (unpaired) electrons. The Morgan fingerprint density at radius 3 is 2.54 bits per heavy atom. The smallest absolute Gasteiger partial charge is 0.264 e. The van der Waals surface area contributed by atoms with Crippen LogP contribution in [0.5, 0.6) is 17.2 Å². The largest absolute Gasteiger partial charge is 0.497 e. The van der Waals surface area contributed by atoms with Gasteiger partial charge < -0.3 is 19.5 Å². The van der Waals surface area contributed by atoms with E-state index in [2.05, 4.69) is 5.32 Å². The predicted octanol–water partition coefficient (Wildman–Crippen LogP) is 3.46. The van der Waals surface area contributed by atoms with E-state index >= 15 is 0 Å². The standard InChI is InChI=1S/C26H28N2O6S/c1-18-8-13-22-24(16-18)34-25(26(29)27-14-15-33-23-7-5-4-6-19(23)2)17-28(22)35(30,31)21-11-9-20(32-3)10-12-21/h4-13,16,25H,14-15,17H2,1-3H3,(H,27,29)/t25-/m0/s1. The minimum absolute atomic E-state index is 0.0949. The Labute approximate surface area is 205 Å². The van der Waals surface area contributed by atoms with E-state index in [-0.39, 0.29) is 24.6 Å². The van der Waals surface area contributed by atoms with Gasteiger partial charge in [-0.05, 0) is 67.4 Å². The number of nitrogens with zero attached hydrogens (tertiary/aromatic N) is 1. The molecule has 3 aromatic carbocycles. The van der Waals surface area contributed by atoms with Crippen molar-refractivity contribution >= 4 is 21.6 Å². The summed E-state index contributed by atoms with van der Waals surface area (Å²) in [5.74, 6) is 1.22. The van der Waals surface area contributed by atoms with Crippen LogP contribution < -0.4 is 23.8 Å². The Bertz CT molecular complexity index is 1310. The molecule has 1 amide bonds. The van der Waals surface area contributed by atoms with Gasteiger partial charge in [0.15, 0.2) is 6.10 Å². The highest BCUT2D eigenvalue weighted by Gasteiger charge is 2.37. The van der Waals surface area contributed by atoms with Gasteiger partial charge in [-0.25, -0.2) is 8.42 Å². The lowest BCUT2D eigenvalue weighted by Gasteiger charge is -2.35. The molecule has 8 nitrogen and oxygen atoms in total. The van der Waals surface area contributed by atoms with Crippen molar-refractivity contribution < 1.29 is 27.4 Å². The topological polar surface area (TPSA) is 94.2 Å². The fourth-order valence-electron chi connectivity index (χ4n) is 3.77. The maximum Gasteiger partial charge on any atom is 0.264 e. The lowest BCUT2D eigenvalue weighted by Crippen LogP contribution is -2.51. The number of hydrogen-bond acceptors (Lipinski definition) is 6. The molecule has 3 aromatic rings. The Morgan fingerprint density at radius 2 is 1.83 bits per heavy atom. The summed E-state index contributed by atoms with van der Waals surface area (Å²) >= 11 is 0. The van der Waals surface area contributed by atoms with E-state index in [9.17, 15) is 13.2 Å². The number of fused-ring (bicyclic) bond motifs is 1. The molecule has 0 spiro atoms. The molecule has 0 saturated carbocycles. The zero-order valence-electron chi connectivity index (χ0n) is 19.9. The van der Waals surface area contributed by atoms with Crippen molar-refractivity contribution in [2.45, 2.75) is 24.8 Å². The van der Waals surface area contributed by atoms with E-state index < -0.39 is 22.0 Å². The van der Waals surface area contributed by atoms with Gasteiger partial charge in [0, 0.05) is 0 Å². The van der Waals surface area contributed by atoms with E-state index in [1.165, 1.54) is 23.5 Å². The van der Waals surface area contributed by atoms with Crippen molar-refractivity contribution in [3.05, 3.63) is 77.9 Å². The number of methoxy groups -OCH3 is 1. The quantitative estimate of drug-likeness (QED) is 0.480. The van der Waals surface area contributed by atoms with Crippen LogP contribution in [-0.2, 0) is 14.8 Å². The third kappa shape index (κ3) is 5.35. The first-order valence-corrected chi connectivity index (χ1v) is 12.6. The zero-order chi connectivity index (χ0) is 25.0. The maximum atomic E-state index is 13.5. The molecule has 1 aliphatic rings. The van der Waals surface area contributed by atoms with Crippen LogP contribution >= 0.6 is 0 Å². The van der Waals surface area contributed by atoms with Crippen LogP contribution in [0.4, 0.5) is 5.69 Å². The van der Waals surface area contributed by atoms with Crippen molar-refractivity contribution in [2.75, 3.05) is 31.1 Å². The molecule has 1 atom stereocenters. The van der Waals surface area contributed by atoms with Crippen LogP contribution in [0.3, 0.4) is 0 Å². The van der Waals surface area contributed by atoms with Crippen molar-refractivity contribution in [1.29, 1.82) is 0 Å². The SMILES string of the molecule is COc1ccc(S(=O)(=O)N2C[C@@H](C(=O)NCCOc3ccccc3C)Oc3cc(C)ccc32)cc1. The first kappa shape index (κ1) is 24.4. The summed E-state index contributed by atoms with van der Waals surface area (Å²) < 4.78 is 45.1. The third-order valence-corrected chi connectivity index (χ3v) is 7.47. The molecule has 0 fully saturated rings. The van der Waals surface area contributed by atoms with Gasteiger partial charge in [-0.2, -0.15) is 0 Å². The average molecular weight is 497 g/mol. The van der Waals surface area contributed by atoms with Crippen LogP contribution in [0, 0.1) is 13.8 Å². The van der Waals surface area contributed by atoms with E-state index in [0.717, 1.165) is 16.9 Å². The van der Waals surface area contributed by atoms with Crippen molar-refractivity contribution in [3.8, 4) is 17.2 Å². The molecule has 0 unspecified atom stereocenters. The molecule has 184 valence electrons. The number of carbonyl (C=O) groups excluding carboxylic acids is 1. The predicted molar refractivity (Wildman–Crippen MR) is 133 cm³/mol. The van der Waals surface area contributed by atoms with Gasteiger partial charge in [0.1, 0.15) is 23.9 Å². The number of anilines is 1. The number of nitrogens with one attached hydrogen (secondary N) is 1. The molecule has 0 bridgehead atoms. The average Bonchev–Trinajstić information content (AvgIpc) is 2.86. The van der Waals surface area contributed by atoms with Gasteiger partial charge >= 0.3 is 0 Å². The number of benzene rings is 3. The van der Waals surface area contributed by atoms with E-state index in [0.29, 0.717) is 17.2 Å². The first-order chi connectivity index (χ1) is 16.8. The second kappa shape index (κ2) is 10.3. The van der Waals surface area contributed by atoms with Gasteiger partial charge in [-0.3, -0.25) is 9.10 Å². The van der Waals surface area contributed by atoms with Crippen molar-refractivity contribution in [1.82, 2.24) is 5.32 Å². The fraction of sp³-hybridized carbons (Fsp3) is 0.269. The summed E-state index contributed by atoms with van der Waals surface area (Å²) in [6, 6.07) is 19.0. The molecule has 0 aliphatic carbocycles. The molecule has 1 N–H and O–H groups in total. The molecule has 1 heterocycles. The zero-order valence-corrected chi connectivity index (χ0v) is 20.7. The summed E-state index contributed by atoms with van der Waals surface area (Å²) in [4.78, 5) is 13.0. The van der Waals surface area contributed by atoms with Crippen molar-refractivity contribution in [2.24, 2.45) is 0 Å². The Hall–Kier alpha value is -3.72. The van der Waals surface area contributed by atoms with Gasteiger partial charge in [-0.1, -0.05) is 24.3 Å². The molecular weight excluding hydrogens is 468 g/mol. The lowest BCUT2D eigenvalue weighted by atomic mass is 10.1. The Balaban J connectivity index is 1.50. The molecule has 0 aromatic heterocycles. The molecule has 4 rings (SSSR count).